The Kier molecular flexibility index (Phi) is 6.40. The number of aliphatic hydroxyl groups is 1. The van der Waals surface area contributed by atoms with Crippen LogP contribution in [0.3, 0.4) is 0 Å². The molecule has 0 unspecified atom stereocenters. The maximum atomic E-state index is 11.2. The third kappa shape index (κ3) is 5.44. The van der Waals surface area contributed by atoms with E-state index in [0.29, 0.717) is 6.61 Å². The van der Waals surface area contributed by atoms with Gasteiger partial charge in [-0.2, -0.15) is 0 Å². The highest BCUT2D eigenvalue weighted by Crippen LogP contribution is 2.15. The molecule has 0 heterocycles. The number of hydrogen-bond donors (Lipinski definition) is 2. The quantitative estimate of drug-likeness (QED) is 0.706. The lowest BCUT2D eigenvalue weighted by Gasteiger charge is -2.21. The fourth-order valence-corrected chi connectivity index (χ4v) is 1.90. The van der Waals surface area contributed by atoms with Crippen LogP contribution in [0.5, 0.6) is 0 Å². The second-order valence-corrected chi connectivity index (χ2v) is 4.56. The average molecular weight is 241 g/mol. The molecule has 17 heavy (non-hydrogen) atoms. The number of hydrogen-bond acceptors (Lipinski definition) is 4. The van der Waals surface area contributed by atoms with Crippen LogP contribution in [-0.2, 0) is 9.53 Å². The van der Waals surface area contributed by atoms with Crippen molar-refractivity contribution in [2.75, 3.05) is 13.7 Å². The van der Waals surface area contributed by atoms with Gasteiger partial charge in [0, 0.05) is 0 Å². The normalized spacial score (nSPS) is 29.1. The van der Waals surface area contributed by atoms with Gasteiger partial charge in [0.25, 0.3) is 0 Å². The van der Waals surface area contributed by atoms with Gasteiger partial charge in [-0.3, -0.25) is 4.79 Å². The SMILES string of the molecule is CN[C@H](CO[C@@H]1/C=C/CC[C@@H](O)CC1)C(C)=O. The van der Waals surface area contributed by atoms with E-state index in [9.17, 15) is 9.90 Å². The number of Topliss-reactive ketones (excluding diaryl/α,β-unsaturated/α-hetero) is 1. The molecule has 0 spiro atoms. The summed E-state index contributed by atoms with van der Waals surface area (Å²) in [5.74, 6) is 0.0855. The average Bonchev–Trinajstić information content (AvgIpc) is 2.27. The summed E-state index contributed by atoms with van der Waals surface area (Å²) in [5, 5.41) is 12.5. The lowest BCUT2D eigenvalue weighted by atomic mass is 10.0. The van der Waals surface area contributed by atoms with Gasteiger partial charge >= 0.3 is 0 Å². The van der Waals surface area contributed by atoms with E-state index in [1.165, 1.54) is 0 Å². The van der Waals surface area contributed by atoms with Gasteiger partial charge in [-0.25, -0.2) is 0 Å². The predicted octanol–water partition coefficient (Wildman–Crippen LogP) is 1.04. The van der Waals surface area contributed by atoms with Crippen molar-refractivity contribution in [1.29, 1.82) is 0 Å². The van der Waals surface area contributed by atoms with Crippen LogP contribution >= 0.6 is 0 Å². The smallest absolute Gasteiger partial charge is 0.149 e. The zero-order valence-electron chi connectivity index (χ0n) is 10.7. The highest BCUT2D eigenvalue weighted by Gasteiger charge is 2.16. The molecule has 0 bridgehead atoms. The number of carbonyl (C=O) groups excluding carboxylic acids is 1. The van der Waals surface area contributed by atoms with E-state index in [-0.39, 0.29) is 24.0 Å². The Bertz CT molecular complexity index is 265. The summed E-state index contributed by atoms with van der Waals surface area (Å²) in [7, 11) is 1.76. The molecule has 4 heteroatoms. The number of carbonyl (C=O) groups is 1. The lowest BCUT2D eigenvalue weighted by Crippen LogP contribution is -2.38. The van der Waals surface area contributed by atoms with E-state index in [0.717, 1.165) is 25.7 Å². The number of nitrogens with one attached hydrogen (secondary N) is 1. The van der Waals surface area contributed by atoms with Crippen molar-refractivity contribution in [3.8, 4) is 0 Å². The molecule has 98 valence electrons. The van der Waals surface area contributed by atoms with Gasteiger partial charge in [-0.15, -0.1) is 0 Å². The van der Waals surface area contributed by atoms with Crippen LogP contribution < -0.4 is 5.32 Å². The molecular formula is C13H23NO3. The van der Waals surface area contributed by atoms with E-state index in [4.69, 9.17) is 4.74 Å². The molecule has 0 fully saturated rings. The standard InChI is InChI=1S/C13H23NO3/c1-10(15)13(14-2)9-17-12-6-4-3-5-11(16)7-8-12/h4,6,11-14,16H,3,5,7-9H2,1-2H3/b6-4+/t11-,12-,13-/m1/s1. The second kappa shape index (κ2) is 7.58. The Morgan fingerprint density at radius 3 is 2.94 bits per heavy atom. The molecule has 1 rings (SSSR count). The number of likely N-dealkylation sites (N-methyl/N-ethyl adjacent to an activating group) is 1. The zero-order chi connectivity index (χ0) is 12.7. The molecule has 2 N–H and O–H groups in total. The fraction of sp³-hybridized carbons (Fsp3) is 0.769. The van der Waals surface area contributed by atoms with Gasteiger partial charge in [-0.1, -0.05) is 12.2 Å². The molecule has 0 aromatic heterocycles. The monoisotopic (exact) mass is 241 g/mol. The Morgan fingerprint density at radius 1 is 1.53 bits per heavy atom. The molecule has 0 aromatic rings. The van der Waals surface area contributed by atoms with E-state index >= 15 is 0 Å². The summed E-state index contributed by atoms with van der Waals surface area (Å²) in [5.41, 5.74) is 0. The summed E-state index contributed by atoms with van der Waals surface area (Å²) >= 11 is 0. The molecule has 1 aliphatic rings. The molecule has 0 saturated heterocycles. The summed E-state index contributed by atoms with van der Waals surface area (Å²) in [6.45, 7) is 1.94. The van der Waals surface area contributed by atoms with Gasteiger partial charge in [0.15, 0.2) is 0 Å². The molecule has 0 amide bonds. The molecule has 3 atom stereocenters. The Hall–Kier alpha value is -0.710. The van der Waals surface area contributed by atoms with E-state index in [1.807, 2.05) is 6.08 Å². The minimum absolute atomic E-state index is 0.0140. The van der Waals surface area contributed by atoms with Gasteiger partial charge in [0.1, 0.15) is 5.78 Å². The van der Waals surface area contributed by atoms with Crippen LogP contribution in [0.1, 0.15) is 32.6 Å². The summed E-state index contributed by atoms with van der Waals surface area (Å²) in [6, 6.07) is -0.237. The molecule has 0 saturated carbocycles. The minimum atomic E-state index is -0.237. The lowest BCUT2D eigenvalue weighted by molar-refractivity contribution is -0.120. The topological polar surface area (TPSA) is 58.6 Å². The maximum absolute atomic E-state index is 11.2. The predicted molar refractivity (Wildman–Crippen MR) is 66.9 cm³/mol. The van der Waals surface area contributed by atoms with Gasteiger partial charge < -0.3 is 15.2 Å². The minimum Gasteiger partial charge on any atom is -0.393 e. The van der Waals surface area contributed by atoms with Crippen LogP contribution in [0, 0.1) is 0 Å². The first-order valence-electron chi connectivity index (χ1n) is 6.27. The Labute approximate surface area is 103 Å². The van der Waals surface area contributed by atoms with E-state index in [2.05, 4.69) is 11.4 Å². The largest absolute Gasteiger partial charge is 0.393 e. The van der Waals surface area contributed by atoms with Crippen molar-refractivity contribution in [3.05, 3.63) is 12.2 Å². The van der Waals surface area contributed by atoms with Crippen molar-refractivity contribution in [3.63, 3.8) is 0 Å². The molecule has 0 radical (unpaired) electrons. The van der Waals surface area contributed by atoms with Gasteiger partial charge in [0.05, 0.1) is 24.9 Å². The third-order valence-electron chi connectivity index (χ3n) is 3.12. The van der Waals surface area contributed by atoms with E-state index in [1.54, 1.807) is 14.0 Å². The number of rotatable bonds is 5. The first-order valence-corrected chi connectivity index (χ1v) is 6.27. The molecule has 4 nitrogen and oxygen atoms in total. The van der Waals surface area contributed by atoms with Crippen molar-refractivity contribution in [1.82, 2.24) is 5.32 Å². The van der Waals surface area contributed by atoms with Gasteiger partial charge in [-0.05, 0) is 39.7 Å². The maximum Gasteiger partial charge on any atom is 0.149 e. The summed E-state index contributed by atoms with van der Waals surface area (Å²) in [6.07, 6.45) is 7.18. The Balaban J connectivity index is 2.38. The first kappa shape index (κ1) is 14.4. The van der Waals surface area contributed by atoms with Crippen molar-refractivity contribution in [2.24, 2.45) is 0 Å². The number of ether oxygens (including phenoxy) is 1. The van der Waals surface area contributed by atoms with Crippen LogP contribution in [-0.4, -0.2) is 42.8 Å². The van der Waals surface area contributed by atoms with Crippen molar-refractivity contribution in [2.45, 2.75) is 50.9 Å². The highest BCUT2D eigenvalue weighted by atomic mass is 16.5. The van der Waals surface area contributed by atoms with Crippen LogP contribution in [0.4, 0.5) is 0 Å². The molecule has 0 aromatic carbocycles. The van der Waals surface area contributed by atoms with Crippen LogP contribution in [0.25, 0.3) is 0 Å². The van der Waals surface area contributed by atoms with Crippen LogP contribution in [0.15, 0.2) is 12.2 Å². The van der Waals surface area contributed by atoms with E-state index < -0.39 is 0 Å². The summed E-state index contributed by atoms with van der Waals surface area (Å²) < 4.78 is 5.70. The summed E-state index contributed by atoms with van der Waals surface area (Å²) in [4.78, 5) is 11.2. The van der Waals surface area contributed by atoms with Crippen molar-refractivity contribution >= 4 is 5.78 Å². The number of ketones is 1. The number of aliphatic hydroxyl groups excluding tert-OH is 1. The fourth-order valence-electron chi connectivity index (χ4n) is 1.90. The van der Waals surface area contributed by atoms with Crippen molar-refractivity contribution < 1.29 is 14.6 Å². The number of allylic oxidation sites excluding steroid dienone is 1. The third-order valence-corrected chi connectivity index (χ3v) is 3.12. The first-order chi connectivity index (χ1) is 8.13. The molecule has 1 aliphatic carbocycles. The van der Waals surface area contributed by atoms with Gasteiger partial charge in [0.2, 0.25) is 0 Å². The molecule has 0 aliphatic heterocycles. The van der Waals surface area contributed by atoms with Crippen LogP contribution in [0.2, 0.25) is 0 Å². The second-order valence-electron chi connectivity index (χ2n) is 4.56. The molecular weight excluding hydrogens is 218 g/mol. The highest BCUT2D eigenvalue weighted by molar-refractivity contribution is 5.81. The zero-order valence-corrected chi connectivity index (χ0v) is 10.7. The Morgan fingerprint density at radius 2 is 2.29 bits per heavy atom.